The van der Waals surface area contributed by atoms with Gasteiger partial charge >= 0.3 is 0 Å². The van der Waals surface area contributed by atoms with E-state index in [9.17, 15) is 4.79 Å². The zero-order valence-electron chi connectivity index (χ0n) is 18.1. The summed E-state index contributed by atoms with van der Waals surface area (Å²) in [6.45, 7) is 4.27. The summed E-state index contributed by atoms with van der Waals surface area (Å²) in [5.74, 6) is 0.825. The lowest BCUT2D eigenvalue weighted by Crippen LogP contribution is -2.34. The summed E-state index contributed by atoms with van der Waals surface area (Å²) in [4.78, 5) is 15.2. The first-order valence-electron chi connectivity index (χ1n) is 10.8. The van der Waals surface area contributed by atoms with E-state index < -0.39 is 0 Å². The van der Waals surface area contributed by atoms with E-state index in [1.165, 1.54) is 35.9 Å². The van der Waals surface area contributed by atoms with Crippen LogP contribution in [0.5, 0.6) is 5.75 Å². The van der Waals surface area contributed by atoms with Crippen LogP contribution in [-0.2, 0) is 13.5 Å². The number of ether oxygens (including phenoxy) is 1. The molecule has 30 heavy (non-hydrogen) atoms. The van der Waals surface area contributed by atoms with Crippen molar-refractivity contribution in [1.82, 2.24) is 9.88 Å². The molecule has 1 aromatic heterocycles. The van der Waals surface area contributed by atoms with Gasteiger partial charge in [-0.3, -0.25) is 4.79 Å². The molecule has 1 unspecified atom stereocenters. The third kappa shape index (κ3) is 4.30. The summed E-state index contributed by atoms with van der Waals surface area (Å²) in [7, 11) is 3.73. The number of piperidine rings is 1. The van der Waals surface area contributed by atoms with Crippen LogP contribution in [0, 0.1) is 0 Å². The molecule has 0 saturated carbocycles. The molecule has 4 rings (SSSR count). The predicted octanol–water partition coefficient (Wildman–Crippen LogP) is 4.54. The molecular weight excluding hydrogens is 374 g/mol. The molecule has 1 N–H and O–H groups in total. The standard InChI is InChI=1S/C25H31N3O2/c1-18(15-20-17-27(2)24-12-11-22(30-3)16-23(20)24)26-25(29)19-7-9-21(10-8-19)28-13-5-4-6-14-28/h7-12,16-18H,4-6,13-15H2,1-3H3,(H,26,29). The second-order valence-electron chi connectivity index (χ2n) is 8.32. The van der Waals surface area contributed by atoms with Crippen LogP contribution in [0.25, 0.3) is 10.9 Å². The fraction of sp³-hybridized carbons (Fsp3) is 0.400. The van der Waals surface area contributed by atoms with Gasteiger partial charge in [-0.25, -0.2) is 0 Å². The molecule has 0 bridgehead atoms. The molecule has 1 aliphatic heterocycles. The van der Waals surface area contributed by atoms with E-state index in [1.807, 2.05) is 25.2 Å². The molecule has 2 aromatic carbocycles. The van der Waals surface area contributed by atoms with Gasteiger partial charge in [0, 0.05) is 54.5 Å². The molecule has 3 aromatic rings. The Labute approximate surface area is 178 Å². The van der Waals surface area contributed by atoms with Crippen LogP contribution >= 0.6 is 0 Å². The number of fused-ring (bicyclic) bond motifs is 1. The summed E-state index contributed by atoms with van der Waals surface area (Å²) in [6.07, 6.45) is 6.72. The molecule has 1 atom stereocenters. The van der Waals surface area contributed by atoms with Crippen molar-refractivity contribution in [1.29, 1.82) is 0 Å². The van der Waals surface area contributed by atoms with Gasteiger partial charge in [0.15, 0.2) is 0 Å². The number of carbonyl (C=O) groups excluding carboxylic acids is 1. The summed E-state index contributed by atoms with van der Waals surface area (Å²) in [5.41, 5.74) is 4.29. The molecule has 0 spiro atoms. The van der Waals surface area contributed by atoms with E-state index in [2.05, 4.69) is 52.2 Å². The number of benzene rings is 2. The summed E-state index contributed by atoms with van der Waals surface area (Å²) < 4.78 is 7.51. The molecule has 0 aliphatic carbocycles. The molecule has 1 saturated heterocycles. The average molecular weight is 406 g/mol. The third-order valence-corrected chi connectivity index (χ3v) is 6.03. The molecule has 1 aliphatic rings. The maximum absolute atomic E-state index is 12.8. The number of carbonyl (C=O) groups is 1. The smallest absolute Gasteiger partial charge is 0.251 e. The lowest BCUT2D eigenvalue weighted by molar-refractivity contribution is 0.0940. The fourth-order valence-corrected chi connectivity index (χ4v) is 4.41. The number of nitrogens with zero attached hydrogens (tertiary/aromatic N) is 2. The maximum Gasteiger partial charge on any atom is 0.251 e. The lowest BCUT2D eigenvalue weighted by atomic mass is 10.1. The number of amides is 1. The Balaban J connectivity index is 1.42. The van der Waals surface area contributed by atoms with Crippen LogP contribution in [-0.4, -0.2) is 36.7 Å². The maximum atomic E-state index is 12.8. The van der Waals surface area contributed by atoms with Crippen molar-refractivity contribution in [3.8, 4) is 5.75 Å². The van der Waals surface area contributed by atoms with Gasteiger partial charge in [0.25, 0.3) is 5.91 Å². The molecule has 0 radical (unpaired) electrons. The number of aryl methyl sites for hydroxylation is 1. The zero-order valence-corrected chi connectivity index (χ0v) is 18.1. The van der Waals surface area contributed by atoms with Gasteiger partial charge in [-0.2, -0.15) is 0 Å². The van der Waals surface area contributed by atoms with Crippen LogP contribution in [0.4, 0.5) is 5.69 Å². The van der Waals surface area contributed by atoms with Gasteiger partial charge < -0.3 is 19.5 Å². The number of hydrogen-bond acceptors (Lipinski definition) is 3. The monoisotopic (exact) mass is 405 g/mol. The molecular formula is C25H31N3O2. The van der Waals surface area contributed by atoms with Gasteiger partial charge in [0.2, 0.25) is 0 Å². The number of nitrogens with one attached hydrogen (secondary N) is 1. The van der Waals surface area contributed by atoms with E-state index in [0.717, 1.165) is 30.8 Å². The molecule has 2 heterocycles. The number of rotatable bonds is 6. The van der Waals surface area contributed by atoms with E-state index in [1.54, 1.807) is 7.11 Å². The van der Waals surface area contributed by atoms with Crippen molar-refractivity contribution in [2.75, 3.05) is 25.1 Å². The van der Waals surface area contributed by atoms with Gasteiger partial charge in [-0.15, -0.1) is 0 Å². The predicted molar refractivity (Wildman–Crippen MR) is 123 cm³/mol. The average Bonchev–Trinajstić information content (AvgIpc) is 3.08. The zero-order chi connectivity index (χ0) is 21.1. The fourth-order valence-electron chi connectivity index (χ4n) is 4.41. The van der Waals surface area contributed by atoms with E-state index >= 15 is 0 Å². The highest BCUT2D eigenvalue weighted by Crippen LogP contribution is 2.26. The highest BCUT2D eigenvalue weighted by Gasteiger charge is 2.15. The van der Waals surface area contributed by atoms with Crippen molar-refractivity contribution in [2.24, 2.45) is 7.05 Å². The first-order chi connectivity index (χ1) is 14.5. The van der Waals surface area contributed by atoms with Gasteiger partial charge in [-0.05, 0) is 80.6 Å². The lowest BCUT2D eigenvalue weighted by Gasteiger charge is -2.28. The number of hydrogen-bond donors (Lipinski definition) is 1. The number of aromatic nitrogens is 1. The van der Waals surface area contributed by atoms with Gasteiger partial charge in [-0.1, -0.05) is 0 Å². The summed E-state index contributed by atoms with van der Waals surface area (Å²) in [5, 5.41) is 4.32. The Bertz CT molecular complexity index is 1020. The van der Waals surface area contributed by atoms with Crippen molar-refractivity contribution >= 4 is 22.5 Å². The highest BCUT2D eigenvalue weighted by atomic mass is 16.5. The van der Waals surface area contributed by atoms with Crippen LogP contribution in [0.1, 0.15) is 42.1 Å². The Kier molecular flexibility index (Phi) is 5.98. The minimum absolute atomic E-state index is 0.0227. The number of methoxy groups -OCH3 is 1. The summed E-state index contributed by atoms with van der Waals surface area (Å²) in [6, 6.07) is 14.2. The van der Waals surface area contributed by atoms with Crippen LogP contribution in [0.3, 0.4) is 0 Å². The van der Waals surface area contributed by atoms with Crippen LogP contribution in [0.2, 0.25) is 0 Å². The van der Waals surface area contributed by atoms with Crippen LogP contribution in [0.15, 0.2) is 48.7 Å². The van der Waals surface area contributed by atoms with E-state index in [0.29, 0.717) is 5.56 Å². The Morgan fingerprint density at radius 3 is 2.53 bits per heavy atom. The van der Waals surface area contributed by atoms with Crippen LogP contribution < -0.4 is 15.0 Å². The van der Waals surface area contributed by atoms with Crippen molar-refractivity contribution < 1.29 is 9.53 Å². The molecule has 1 amide bonds. The Morgan fingerprint density at radius 2 is 1.83 bits per heavy atom. The first kappa shape index (κ1) is 20.3. The quantitative estimate of drug-likeness (QED) is 0.655. The number of anilines is 1. The van der Waals surface area contributed by atoms with Crippen molar-refractivity contribution in [2.45, 2.75) is 38.6 Å². The van der Waals surface area contributed by atoms with Gasteiger partial charge in [0.1, 0.15) is 5.75 Å². The molecule has 5 heteroatoms. The van der Waals surface area contributed by atoms with E-state index in [-0.39, 0.29) is 11.9 Å². The van der Waals surface area contributed by atoms with Crippen molar-refractivity contribution in [3.63, 3.8) is 0 Å². The topological polar surface area (TPSA) is 46.5 Å². The normalized spacial score (nSPS) is 15.2. The SMILES string of the molecule is COc1ccc2c(c1)c(CC(C)NC(=O)c1ccc(N3CCCCC3)cc1)cn2C. The summed E-state index contributed by atoms with van der Waals surface area (Å²) >= 11 is 0. The second-order valence-corrected chi connectivity index (χ2v) is 8.32. The van der Waals surface area contributed by atoms with E-state index in [4.69, 9.17) is 4.74 Å². The Morgan fingerprint density at radius 1 is 1.10 bits per heavy atom. The molecule has 1 fully saturated rings. The second kappa shape index (κ2) is 8.82. The highest BCUT2D eigenvalue weighted by molar-refractivity contribution is 5.94. The third-order valence-electron chi connectivity index (χ3n) is 6.03. The largest absolute Gasteiger partial charge is 0.497 e. The first-order valence-corrected chi connectivity index (χ1v) is 10.8. The molecule has 158 valence electrons. The minimum atomic E-state index is -0.0227. The van der Waals surface area contributed by atoms with Gasteiger partial charge in [0.05, 0.1) is 7.11 Å². The Hall–Kier alpha value is -2.95. The molecule has 5 nitrogen and oxygen atoms in total. The van der Waals surface area contributed by atoms with Crippen molar-refractivity contribution in [3.05, 3.63) is 59.8 Å². The minimum Gasteiger partial charge on any atom is -0.497 e.